The minimum absolute atomic E-state index is 0.0131. The molecule has 0 aliphatic heterocycles. The third-order valence-electron chi connectivity index (χ3n) is 2.48. The summed E-state index contributed by atoms with van der Waals surface area (Å²) in [7, 11) is 0. The lowest BCUT2D eigenvalue weighted by Crippen LogP contribution is -2.32. The van der Waals surface area contributed by atoms with Crippen LogP contribution in [-0.2, 0) is 4.79 Å². The fourth-order valence-electron chi connectivity index (χ4n) is 1.58. The summed E-state index contributed by atoms with van der Waals surface area (Å²) in [6, 6.07) is 2.91. The van der Waals surface area contributed by atoms with Crippen LogP contribution in [0.4, 0.5) is 0 Å². The van der Waals surface area contributed by atoms with Gasteiger partial charge in [0.2, 0.25) is 5.91 Å². The molecule has 1 aromatic heterocycles. The van der Waals surface area contributed by atoms with Gasteiger partial charge in [0, 0.05) is 12.5 Å². The fraction of sp³-hybridized carbons (Fsp3) is 0.583. The number of H-pyrrole nitrogens is 1. The van der Waals surface area contributed by atoms with Crippen molar-refractivity contribution in [2.75, 3.05) is 0 Å². The molecule has 0 bridgehead atoms. The number of rotatable bonds is 5. The van der Waals surface area contributed by atoms with E-state index in [0.717, 1.165) is 6.42 Å². The van der Waals surface area contributed by atoms with Crippen molar-refractivity contribution in [1.82, 2.24) is 15.5 Å². The number of amides is 1. The van der Waals surface area contributed by atoms with E-state index in [2.05, 4.69) is 15.5 Å². The van der Waals surface area contributed by atoms with Gasteiger partial charge in [-0.2, -0.15) is 5.10 Å². The van der Waals surface area contributed by atoms with E-state index in [-0.39, 0.29) is 23.4 Å². The molecule has 1 unspecified atom stereocenters. The molecule has 17 heavy (non-hydrogen) atoms. The van der Waals surface area contributed by atoms with Crippen molar-refractivity contribution in [2.45, 2.75) is 39.7 Å². The molecule has 0 aliphatic rings. The average Bonchev–Trinajstić information content (AvgIpc) is 2.27. The first-order valence-electron chi connectivity index (χ1n) is 5.89. The average molecular weight is 237 g/mol. The van der Waals surface area contributed by atoms with E-state index in [1.54, 1.807) is 6.07 Å². The minimum atomic E-state index is -0.240. The van der Waals surface area contributed by atoms with Gasteiger partial charge < -0.3 is 5.32 Å². The Hall–Kier alpha value is -1.65. The predicted octanol–water partition coefficient (Wildman–Crippen LogP) is 1.38. The quantitative estimate of drug-likeness (QED) is 0.812. The smallest absolute Gasteiger partial charge is 0.264 e. The molecule has 94 valence electrons. The van der Waals surface area contributed by atoms with Crippen LogP contribution >= 0.6 is 0 Å². The molecule has 0 saturated carbocycles. The summed E-state index contributed by atoms with van der Waals surface area (Å²) < 4.78 is 0. The molecule has 5 nitrogen and oxygen atoms in total. The highest BCUT2D eigenvalue weighted by Gasteiger charge is 2.19. The standard InChI is InChI=1S/C12H19N3O2/c1-4-5-10(16)13-12(8(2)3)9-6-7-11(17)15-14-9/h6-8,12H,4-5H2,1-3H3,(H,13,16)(H,15,17). The Bertz CT molecular complexity index is 406. The molecule has 1 atom stereocenters. The van der Waals surface area contributed by atoms with Crippen molar-refractivity contribution in [3.8, 4) is 0 Å². The summed E-state index contributed by atoms with van der Waals surface area (Å²) >= 11 is 0. The number of carbonyl (C=O) groups is 1. The summed E-state index contributed by atoms with van der Waals surface area (Å²) in [4.78, 5) is 22.5. The molecule has 0 fully saturated rings. The van der Waals surface area contributed by atoms with Crippen LogP contribution in [-0.4, -0.2) is 16.1 Å². The van der Waals surface area contributed by atoms with Gasteiger partial charge in [-0.3, -0.25) is 9.59 Å². The number of hydrogen-bond donors (Lipinski definition) is 2. The summed E-state index contributed by atoms with van der Waals surface area (Å²) in [6.07, 6.45) is 1.32. The van der Waals surface area contributed by atoms with Crippen molar-refractivity contribution in [3.63, 3.8) is 0 Å². The molecule has 0 aromatic carbocycles. The second kappa shape index (κ2) is 6.18. The molecule has 5 heteroatoms. The van der Waals surface area contributed by atoms with Crippen LogP contribution < -0.4 is 10.9 Å². The lowest BCUT2D eigenvalue weighted by atomic mass is 10.0. The Morgan fingerprint density at radius 3 is 2.65 bits per heavy atom. The van der Waals surface area contributed by atoms with Gasteiger partial charge >= 0.3 is 0 Å². The lowest BCUT2D eigenvalue weighted by molar-refractivity contribution is -0.122. The summed E-state index contributed by atoms with van der Waals surface area (Å²) in [5.41, 5.74) is 0.445. The van der Waals surface area contributed by atoms with Crippen LogP contribution in [0.25, 0.3) is 0 Å². The second-order valence-corrected chi connectivity index (χ2v) is 4.39. The van der Waals surface area contributed by atoms with E-state index in [1.807, 2.05) is 20.8 Å². The number of carbonyl (C=O) groups excluding carboxylic acids is 1. The second-order valence-electron chi connectivity index (χ2n) is 4.39. The molecule has 1 aromatic rings. The molecule has 0 radical (unpaired) electrons. The Labute approximate surface area is 101 Å². The van der Waals surface area contributed by atoms with E-state index in [0.29, 0.717) is 12.1 Å². The topological polar surface area (TPSA) is 74.8 Å². The summed E-state index contributed by atoms with van der Waals surface area (Å²) in [5.74, 6) is 0.230. The van der Waals surface area contributed by atoms with E-state index in [4.69, 9.17) is 0 Å². The highest BCUT2D eigenvalue weighted by Crippen LogP contribution is 2.18. The van der Waals surface area contributed by atoms with E-state index in [1.165, 1.54) is 6.07 Å². The van der Waals surface area contributed by atoms with Crippen molar-refractivity contribution in [2.24, 2.45) is 5.92 Å². The molecule has 1 rings (SSSR count). The molecule has 0 aliphatic carbocycles. The fourth-order valence-corrected chi connectivity index (χ4v) is 1.58. The Morgan fingerprint density at radius 1 is 1.47 bits per heavy atom. The minimum Gasteiger partial charge on any atom is -0.347 e. The molecular formula is C12H19N3O2. The summed E-state index contributed by atoms with van der Waals surface area (Å²) in [6.45, 7) is 5.97. The maximum atomic E-state index is 11.6. The van der Waals surface area contributed by atoms with Crippen LogP contribution in [0.3, 0.4) is 0 Å². The first kappa shape index (κ1) is 13.4. The number of nitrogens with zero attached hydrogens (tertiary/aromatic N) is 1. The first-order chi connectivity index (χ1) is 8.04. The van der Waals surface area contributed by atoms with Gasteiger partial charge in [-0.25, -0.2) is 5.10 Å². The van der Waals surface area contributed by atoms with Gasteiger partial charge in [0.25, 0.3) is 5.56 Å². The molecule has 2 N–H and O–H groups in total. The van der Waals surface area contributed by atoms with Crippen molar-refractivity contribution >= 4 is 5.91 Å². The molecule has 1 amide bonds. The van der Waals surface area contributed by atoms with Gasteiger partial charge in [-0.05, 0) is 18.4 Å². The Balaban J connectivity index is 2.82. The first-order valence-corrected chi connectivity index (χ1v) is 5.89. The van der Waals surface area contributed by atoms with Crippen LogP contribution in [0.1, 0.15) is 45.3 Å². The van der Waals surface area contributed by atoms with Gasteiger partial charge in [0.05, 0.1) is 11.7 Å². The molecular weight excluding hydrogens is 218 g/mol. The van der Waals surface area contributed by atoms with Crippen LogP contribution in [0.15, 0.2) is 16.9 Å². The van der Waals surface area contributed by atoms with Gasteiger partial charge in [0.15, 0.2) is 0 Å². The maximum Gasteiger partial charge on any atom is 0.264 e. The van der Waals surface area contributed by atoms with Crippen molar-refractivity contribution in [1.29, 1.82) is 0 Å². The third kappa shape index (κ3) is 4.01. The highest BCUT2D eigenvalue weighted by atomic mass is 16.1. The summed E-state index contributed by atoms with van der Waals surface area (Å²) in [5, 5.41) is 9.27. The zero-order valence-electron chi connectivity index (χ0n) is 10.5. The zero-order valence-corrected chi connectivity index (χ0v) is 10.5. The molecule has 0 saturated heterocycles. The normalized spacial score (nSPS) is 12.5. The monoisotopic (exact) mass is 237 g/mol. The van der Waals surface area contributed by atoms with Crippen LogP contribution in [0.5, 0.6) is 0 Å². The predicted molar refractivity (Wildman–Crippen MR) is 65.5 cm³/mol. The molecule has 0 spiro atoms. The van der Waals surface area contributed by atoms with Gasteiger partial charge in [0.1, 0.15) is 0 Å². The van der Waals surface area contributed by atoms with E-state index < -0.39 is 0 Å². The van der Waals surface area contributed by atoms with Crippen LogP contribution in [0.2, 0.25) is 0 Å². The maximum absolute atomic E-state index is 11.6. The van der Waals surface area contributed by atoms with Gasteiger partial charge in [-0.15, -0.1) is 0 Å². The highest BCUT2D eigenvalue weighted by molar-refractivity contribution is 5.76. The zero-order chi connectivity index (χ0) is 12.8. The SMILES string of the molecule is CCCC(=O)NC(c1ccc(=O)[nH]n1)C(C)C. The largest absolute Gasteiger partial charge is 0.347 e. The van der Waals surface area contributed by atoms with E-state index >= 15 is 0 Å². The van der Waals surface area contributed by atoms with Crippen molar-refractivity contribution < 1.29 is 4.79 Å². The van der Waals surface area contributed by atoms with Gasteiger partial charge in [-0.1, -0.05) is 20.8 Å². The number of aromatic amines is 1. The van der Waals surface area contributed by atoms with E-state index in [9.17, 15) is 9.59 Å². The van der Waals surface area contributed by atoms with Crippen molar-refractivity contribution in [3.05, 3.63) is 28.2 Å². The number of hydrogen-bond acceptors (Lipinski definition) is 3. The Morgan fingerprint density at radius 2 is 2.18 bits per heavy atom. The number of aromatic nitrogens is 2. The lowest BCUT2D eigenvalue weighted by Gasteiger charge is -2.21. The number of nitrogens with one attached hydrogen (secondary N) is 2. The molecule has 1 heterocycles. The van der Waals surface area contributed by atoms with Crippen LogP contribution in [0, 0.1) is 5.92 Å². The third-order valence-corrected chi connectivity index (χ3v) is 2.48. The Kier molecular flexibility index (Phi) is 4.87.